The minimum absolute atomic E-state index is 0.0873. The zero-order valence-electron chi connectivity index (χ0n) is 17.2. The van der Waals surface area contributed by atoms with Gasteiger partial charge < -0.3 is 4.90 Å². The molecule has 1 aliphatic heterocycles. The standard InChI is InChI=1S/C23H23N3O2S/c1-13-6-7-16(10-14(13)2)20(27)25-22-24-18(12-29-22)15-8-9-19-17(11-15)23(3,4)21(28)26(19)5/h6-12H,1-5H3,(H,24,25,27). The summed E-state index contributed by atoms with van der Waals surface area (Å²) in [5, 5.41) is 5.36. The molecule has 0 fully saturated rings. The molecule has 0 spiro atoms. The summed E-state index contributed by atoms with van der Waals surface area (Å²) in [5.41, 5.74) is 5.94. The van der Waals surface area contributed by atoms with Crippen LogP contribution >= 0.6 is 11.3 Å². The molecule has 148 valence electrons. The molecule has 2 amide bonds. The molecule has 0 unspecified atom stereocenters. The minimum Gasteiger partial charge on any atom is -0.314 e. The number of nitrogens with one attached hydrogen (secondary N) is 1. The van der Waals surface area contributed by atoms with E-state index in [0.717, 1.165) is 33.6 Å². The molecule has 0 bridgehead atoms. The molecule has 4 rings (SSSR count). The van der Waals surface area contributed by atoms with Gasteiger partial charge in [-0.15, -0.1) is 11.3 Å². The predicted molar refractivity (Wildman–Crippen MR) is 118 cm³/mol. The third-order valence-electron chi connectivity index (χ3n) is 5.66. The van der Waals surface area contributed by atoms with Crippen molar-refractivity contribution < 1.29 is 9.59 Å². The molecule has 1 aliphatic rings. The number of likely N-dealkylation sites (N-methyl/N-ethyl adjacent to an activating group) is 1. The van der Waals surface area contributed by atoms with E-state index < -0.39 is 5.41 Å². The number of fused-ring (bicyclic) bond motifs is 1. The van der Waals surface area contributed by atoms with Crippen molar-refractivity contribution in [3.63, 3.8) is 0 Å². The van der Waals surface area contributed by atoms with Crippen LogP contribution in [0.4, 0.5) is 10.8 Å². The summed E-state index contributed by atoms with van der Waals surface area (Å²) in [6, 6.07) is 11.6. The average Bonchev–Trinajstić information content (AvgIpc) is 3.22. The fourth-order valence-electron chi connectivity index (χ4n) is 3.65. The van der Waals surface area contributed by atoms with E-state index in [-0.39, 0.29) is 11.8 Å². The molecular weight excluding hydrogens is 382 g/mol. The van der Waals surface area contributed by atoms with Gasteiger partial charge in [0.2, 0.25) is 5.91 Å². The smallest absolute Gasteiger partial charge is 0.257 e. The Bertz CT molecular complexity index is 1150. The van der Waals surface area contributed by atoms with E-state index >= 15 is 0 Å². The number of hydrogen-bond donors (Lipinski definition) is 1. The number of carbonyl (C=O) groups is 2. The molecule has 1 aromatic heterocycles. The van der Waals surface area contributed by atoms with Gasteiger partial charge in [-0.25, -0.2) is 4.98 Å². The van der Waals surface area contributed by atoms with Gasteiger partial charge in [0.25, 0.3) is 5.91 Å². The lowest BCUT2D eigenvalue weighted by atomic mass is 9.85. The number of aromatic nitrogens is 1. The first-order valence-corrected chi connectivity index (χ1v) is 10.3. The molecule has 0 aliphatic carbocycles. The summed E-state index contributed by atoms with van der Waals surface area (Å²) in [4.78, 5) is 31.3. The number of anilines is 2. The minimum atomic E-state index is -0.559. The molecule has 0 saturated heterocycles. The Labute approximate surface area is 174 Å². The fraction of sp³-hybridized carbons (Fsp3) is 0.261. The van der Waals surface area contributed by atoms with Crippen LogP contribution in [0.1, 0.15) is 40.9 Å². The molecule has 2 aromatic carbocycles. The molecule has 0 saturated carbocycles. The van der Waals surface area contributed by atoms with Crippen molar-refractivity contribution in [2.45, 2.75) is 33.1 Å². The Morgan fingerprint density at radius 3 is 2.59 bits per heavy atom. The second-order valence-electron chi connectivity index (χ2n) is 8.01. The Morgan fingerprint density at radius 1 is 1.10 bits per heavy atom. The topological polar surface area (TPSA) is 62.3 Å². The van der Waals surface area contributed by atoms with Crippen molar-refractivity contribution in [2.24, 2.45) is 0 Å². The zero-order chi connectivity index (χ0) is 20.9. The third-order valence-corrected chi connectivity index (χ3v) is 6.42. The first-order valence-electron chi connectivity index (χ1n) is 9.45. The second-order valence-corrected chi connectivity index (χ2v) is 8.87. The Morgan fingerprint density at radius 2 is 1.86 bits per heavy atom. The maximum absolute atomic E-state index is 12.5. The average molecular weight is 406 g/mol. The SMILES string of the molecule is Cc1ccc(C(=O)Nc2nc(-c3ccc4c(c3)C(C)(C)C(=O)N4C)cs2)cc1C. The van der Waals surface area contributed by atoms with Crippen molar-refractivity contribution in [1.82, 2.24) is 4.98 Å². The van der Waals surface area contributed by atoms with Gasteiger partial charge in [-0.2, -0.15) is 0 Å². The number of hydrogen-bond acceptors (Lipinski definition) is 4. The summed E-state index contributed by atoms with van der Waals surface area (Å²) in [7, 11) is 1.80. The quantitative estimate of drug-likeness (QED) is 0.672. The number of carbonyl (C=O) groups excluding carboxylic acids is 2. The monoisotopic (exact) mass is 405 g/mol. The molecule has 1 N–H and O–H groups in total. The predicted octanol–water partition coefficient (Wildman–Crippen LogP) is 4.93. The fourth-order valence-corrected chi connectivity index (χ4v) is 4.36. The number of benzene rings is 2. The number of amides is 2. The zero-order valence-corrected chi connectivity index (χ0v) is 18.0. The van der Waals surface area contributed by atoms with Gasteiger partial charge in [0.05, 0.1) is 11.1 Å². The van der Waals surface area contributed by atoms with Gasteiger partial charge in [0, 0.05) is 29.2 Å². The summed E-state index contributed by atoms with van der Waals surface area (Å²) in [6.45, 7) is 7.90. The first-order chi connectivity index (χ1) is 13.7. The summed E-state index contributed by atoms with van der Waals surface area (Å²) >= 11 is 1.39. The van der Waals surface area contributed by atoms with Crippen LogP contribution < -0.4 is 10.2 Å². The maximum atomic E-state index is 12.5. The molecule has 0 atom stereocenters. The summed E-state index contributed by atoms with van der Waals surface area (Å²) in [6.07, 6.45) is 0. The van der Waals surface area contributed by atoms with Gasteiger partial charge in [-0.3, -0.25) is 14.9 Å². The highest BCUT2D eigenvalue weighted by molar-refractivity contribution is 7.14. The first kappa shape index (κ1) is 19.3. The number of rotatable bonds is 3. The highest BCUT2D eigenvalue weighted by atomic mass is 32.1. The highest BCUT2D eigenvalue weighted by Crippen LogP contribution is 2.42. The van der Waals surface area contributed by atoms with Crippen molar-refractivity contribution >= 4 is 34.0 Å². The van der Waals surface area contributed by atoms with Gasteiger partial charge >= 0.3 is 0 Å². The summed E-state index contributed by atoms with van der Waals surface area (Å²) < 4.78 is 0. The number of thiazole rings is 1. The van der Waals surface area contributed by atoms with Crippen LogP contribution in [0.2, 0.25) is 0 Å². The van der Waals surface area contributed by atoms with Crippen molar-refractivity contribution in [3.8, 4) is 11.3 Å². The van der Waals surface area contributed by atoms with Crippen LogP contribution in [-0.2, 0) is 10.2 Å². The van der Waals surface area contributed by atoms with E-state index in [0.29, 0.717) is 10.7 Å². The van der Waals surface area contributed by atoms with E-state index in [4.69, 9.17) is 0 Å². The lowest BCUT2D eigenvalue weighted by Gasteiger charge is -2.16. The largest absolute Gasteiger partial charge is 0.314 e. The van der Waals surface area contributed by atoms with Gasteiger partial charge in [0.1, 0.15) is 0 Å². The normalized spacial score (nSPS) is 14.8. The molecule has 29 heavy (non-hydrogen) atoms. The number of nitrogens with zero attached hydrogens (tertiary/aromatic N) is 2. The second kappa shape index (κ2) is 6.81. The Hall–Kier alpha value is -2.99. The van der Waals surface area contributed by atoms with Gasteiger partial charge in [-0.1, -0.05) is 12.1 Å². The van der Waals surface area contributed by atoms with Crippen LogP contribution in [-0.4, -0.2) is 23.8 Å². The van der Waals surface area contributed by atoms with Gasteiger partial charge in [0.15, 0.2) is 5.13 Å². The molecule has 6 heteroatoms. The lowest BCUT2D eigenvalue weighted by Crippen LogP contribution is -2.33. The van der Waals surface area contributed by atoms with E-state index in [1.54, 1.807) is 11.9 Å². The molecule has 5 nitrogen and oxygen atoms in total. The molecule has 0 radical (unpaired) electrons. The van der Waals surface area contributed by atoms with E-state index in [1.807, 2.05) is 69.5 Å². The Balaban J connectivity index is 1.59. The summed E-state index contributed by atoms with van der Waals surface area (Å²) in [5.74, 6) is -0.0828. The lowest BCUT2D eigenvalue weighted by molar-refractivity contribution is -0.121. The number of aryl methyl sites for hydroxylation is 2. The third kappa shape index (κ3) is 3.23. The Kier molecular flexibility index (Phi) is 4.54. The molecular formula is C23H23N3O2S. The molecule has 3 aromatic rings. The van der Waals surface area contributed by atoms with E-state index in [9.17, 15) is 9.59 Å². The van der Waals surface area contributed by atoms with Crippen LogP contribution in [0.25, 0.3) is 11.3 Å². The van der Waals surface area contributed by atoms with Crippen molar-refractivity contribution in [3.05, 3.63) is 64.0 Å². The van der Waals surface area contributed by atoms with Crippen LogP contribution in [0, 0.1) is 13.8 Å². The van der Waals surface area contributed by atoms with E-state index in [2.05, 4.69) is 10.3 Å². The maximum Gasteiger partial charge on any atom is 0.257 e. The van der Waals surface area contributed by atoms with Crippen molar-refractivity contribution in [2.75, 3.05) is 17.3 Å². The van der Waals surface area contributed by atoms with Crippen LogP contribution in [0.3, 0.4) is 0 Å². The van der Waals surface area contributed by atoms with Crippen molar-refractivity contribution in [1.29, 1.82) is 0 Å². The highest BCUT2D eigenvalue weighted by Gasteiger charge is 2.42. The van der Waals surface area contributed by atoms with Crippen LogP contribution in [0.15, 0.2) is 41.8 Å². The van der Waals surface area contributed by atoms with Crippen LogP contribution in [0.5, 0.6) is 0 Å². The van der Waals surface area contributed by atoms with E-state index in [1.165, 1.54) is 11.3 Å². The molecule has 2 heterocycles. The van der Waals surface area contributed by atoms with Gasteiger partial charge in [-0.05, 0) is 68.7 Å².